The molecule has 0 saturated carbocycles. The maximum Gasteiger partial charge on any atom is 0.416 e. The van der Waals surface area contributed by atoms with E-state index in [2.05, 4.69) is 0 Å². The Morgan fingerprint density at radius 1 is 0.852 bits per heavy atom. The van der Waals surface area contributed by atoms with E-state index in [9.17, 15) is 21.6 Å². The summed E-state index contributed by atoms with van der Waals surface area (Å²) in [4.78, 5) is 0. The van der Waals surface area contributed by atoms with Crippen LogP contribution in [0.3, 0.4) is 0 Å². The van der Waals surface area contributed by atoms with Gasteiger partial charge in [0.2, 0.25) is 0 Å². The van der Waals surface area contributed by atoms with Gasteiger partial charge in [0.25, 0.3) is 0 Å². The fourth-order valence-electron chi connectivity index (χ4n) is 2.93. The van der Waals surface area contributed by atoms with Gasteiger partial charge >= 0.3 is 6.18 Å². The Bertz CT molecular complexity index is 896. The quantitative estimate of drug-likeness (QED) is 0.650. The molecule has 148 valence electrons. The molecule has 0 radical (unpaired) electrons. The lowest BCUT2D eigenvalue weighted by Gasteiger charge is -2.15. The first-order valence-electron chi connectivity index (χ1n) is 8.87. The maximum atomic E-state index is 13.0. The monoisotopic (exact) mass is 398 g/mol. The molecule has 0 N–H and O–H groups in total. The second-order valence-electron chi connectivity index (χ2n) is 7.19. The van der Waals surface area contributed by atoms with Crippen molar-refractivity contribution in [3.8, 4) is 0 Å². The Morgan fingerprint density at radius 3 is 1.93 bits per heavy atom. The molecule has 0 amide bonds. The van der Waals surface area contributed by atoms with Gasteiger partial charge in [0.05, 0.1) is 16.6 Å². The first kappa shape index (κ1) is 21.5. The summed E-state index contributed by atoms with van der Waals surface area (Å²) in [5, 5.41) is -0.414. The number of alkyl halides is 3. The average molecular weight is 398 g/mol. The summed E-state index contributed by atoms with van der Waals surface area (Å²) >= 11 is 0. The van der Waals surface area contributed by atoms with Crippen molar-refractivity contribution in [3.05, 3.63) is 69.8 Å². The highest BCUT2D eigenvalue weighted by atomic mass is 32.2. The van der Waals surface area contributed by atoms with Gasteiger partial charge in [-0.3, -0.25) is 0 Å². The predicted molar refractivity (Wildman–Crippen MR) is 103 cm³/mol. The van der Waals surface area contributed by atoms with E-state index < -0.39 is 26.8 Å². The standard InChI is InChI=1S/C21H25F3O2S/c1-14(2)27(25,26)13-18-7-5-17(6-8-18)9-10-19-11-12-20(21(22,23)24)16(4)15(19)3/h5-8,11-12,14H,9-10,13H2,1-4H3. The van der Waals surface area contributed by atoms with Gasteiger partial charge in [-0.25, -0.2) is 8.42 Å². The lowest BCUT2D eigenvalue weighted by atomic mass is 9.94. The van der Waals surface area contributed by atoms with E-state index >= 15 is 0 Å². The number of rotatable bonds is 6. The molecule has 0 unspecified atom stereocenters. The minimum atomic E-state index is -4.33. The fraction of sp³-hybridized carbons (Fsp3) is 0.429. The second kappa shape index (κ2) is 8.05. The summed E-state index contributed by atoms with van der Waals surface area (Å²) in [6.07, 6.45) is -3.02. The van der Waals surface area contributed by atoms with Crippen LogP contribution in [-0.4, -0.2) is 13.7 Å². The zero-order valence-corrected chi connectivity index (χ0v) is 16.8. The molecule has 0 atom stereocenters. The van der Waals surface area contributed by atoms with Gasteiger partial charge < -0.3 is 0 Å². The van der Waals surface area contributed by atoms with Crippen molar-refractivity contribution in [2.24, 2.45) is 0 Å². The van der Waals surface area contributed by atoms with Crippen molar-refractivity contribution in [1.29, 1.82) is 0 Å². The third-order valence-electron chi connectivity index (χ3n) is 5.00. The lowest BCUT2D eigenvalue weighted by molar-refractivity contribution is -0.138. The molecule has 6 heteroatoms. The first-order chi connectivity index (χ1) is 12.4. The molecule has 0 heterocycles. The highest BCUT2D eigenvalue weighted by Crippen LogP contribution is 2.34. The molecular weight excluding hydrogens is 373 g/mol. The van der Waals surface area contributed by atoms with Crippen LogP contribution < -0.4 is 0 Å². The third kappa shape index (κ3) is 5.34. The smallest absolute Gasteiger partial charge is 0.228 e. The SMILES string of the molecule is Cc1c(CCc2ccc(CS(=O)(=O)C(C)C)cc2)ccc(C(F)(F)F)c1C. The van der Waals surface area contributed by atoms with Crippen LogP contribution in [0.4, 0.5) is 13.2 Å². The summed E-state index contributed by atoms with van der Waals surface area (Å²) in [5.74, 6) is 0.0160. The summed E-state index contributed by atoms with van der Waals surface area (Å²) in [7, 11) is -3.14. The number of hydrogen-bond acceptors (Lipinski definition) is 2. The number of halogens is 3. The average Bonchev–Trinajstić information content (AvgIpc) is 2.56. The Kier molecular flexibility index (Phi) is 6.40. The van der Waals surface area contributed by atoms with Crippen LogP contribution in [0.1, 0.15) is 47.2 Å². The van der Waals surface area contributed by atoms with Crippen LogP contribution in [0, 0.1) is 13.8 Å². The molecule has 0 aliphatic rings. The minimum Gasteiger partial charge on any atom is -0.228 e. The summed E-state index contributed by atoms with van der Waals surface area (Å²) in [6.45, 7) is 6.56. The highest BCUT2D eigenvalue weighted by molar-refractivity contribution is 7.91. The van der Waals surface area contributed by atoms with E-state index in [-0.39, 0.29) is 11.3 Å². The molecule has 2 rings (SSSR count). The van der Waals surface area contributed by atoms with Crippen molar-refractivity contribution in [3.63, 3.8) is 0 Å². The lowest BCUT2D eigenvalue weighted by Crippen LogP contribution is -2.15. The van der Waals surface area contributed by atoms with Crippen molar-refractivity contribution >= 4 is 9.84 Å². The fourth-order valence-corrected chi connectivity index (χ4v) is 3.93. The van der Waals surface area contributed by atoms with Gasteiger partial charge in [-0.1, -0.05) is 30.3 Å². The van der Waals surface area contributed by atoms with Crippen LogP contribution in [0.25, 0.3) is 0 Å². The van der Waals surface area contributed by atoms with Gasteiger partial charge in [-0.2, -0.15) is 13.2 Å². The highest BCUT2D eigenvalue weighted by Gasteiger charge is 2.32. The van der Waals surface area contributed by atoms with E-state index in [1.807, 2.05) is 12.1 Å². The van der Waals surface area contributed by atoms with Gasteiger partial charge in [0, 0.05) is 0 Å². The van der Waals surface area contributed by atoms with Crippen LogP contribution in [0.15, 0.2) is 36.4 Å². The molecule has 0 saturated heterocycles. The zero-order chi connectivity index (χ0) is 20.4. The van der Waals surface area contributed by atoms with Crippen LogP contribution in [0.2, 0.25) is 0 Å². The first-order valence-corrected chi connectivity index (χ1v) is 10.6. The minimum absolute atomic E-state index is 0.0160. The maximum absolute atomic E-state index is 13.0. The Balaban J connectivity index is 2.08. The summed E-state index contributed by atoms with van der Waals surface area (Å²) in [6, 6.07) is 10.1. The predicted octanol–water partition coefficient (Wildman–Crippen LogP) is 5.43. The Hall–Kier alpha value is -1.82. The Morgan fingerprint density at radius 2 is 1.41 bits per heavy atom. The van der Waals surface area contributed by atoms with Crippen molar-refractivity contribution < 1.29 is 21.6 Å². The zero-order valence-electron chi connectivity index (χ0n) is 16.0. The molecule has 0 spiro atoms. The molecule has 0 aromatic heterocycles. The van der Waals surface area contributed by atoms with Crippen molar-refractivity contribution in [2.45, 2.75) is 57.7 Å². The van der Waals surface area contributed by atoms with Crippen LogP contribution in [-0.2, 0) is 34.6 Å². The van der Waals surface area contributed by atoms with E-state index in [1.165, 1.54) is 6.92 Å². The number of aryl methyl sites for hydroxylation is 2. The number of benzene rings is 2. The van der Waals surface area contributed by atoms with Crippen molar-refractivity contribution in [1.82, 2.24) is 0 Å². The molecule has 2 aromatic rings. The second-order valence-corrected chi connectivity index (χ2v) is 9.75. The van der Waals surface area contributed by atoms with E-state index in [1.54, 1.807) is 39.0 Å². The van der Waals surface area contributed by atoms with E-state index in [0.29, 0.717) is 18.4 Å². The van der Waals surface area contributed by atoms with Gasteiger partial charge in [0.1, 0.15) is 0 Å². The summed E-state index contributed by atoms with van der Waals surface area (Å²) in [5.41, 5.74) is 3.02. The largest absolute Gasteiger partial charge is 0.416 e. The van der Waals surface area contributed by atoms with Gasteiger partial charge in [0.15, 0.2) is 9.84 Å². The molecule has 0 aliphatic carbocycles. The number of hydrogen-bond donors (Lipinski definition) is 0. The molecule has 0 aliphatic heterocycles. The molecule has 0 fully saturated rings. The molecule has 27 heavy (non-hydrogen) atoms. The normalized spacial score (nSPS) is 12.6. The topological polar surface area (TPSA) is 34.1 Å². The Labute approximate surface area is 159 Å². The molecule has 2 nitrogen and oxygen atoms in total. The number of sulfone groups is 1. The van der Waals surface area contributed by atoms with Gasteiger partial charge in [-0.15, -0.1) is 0 Å². The van der Waals surface area contributed by atoms with E-state index in [0.717, 1.165) is 22.8 Å². The van der Waals surface area contributed by atoms with E-state index in [4.69, 9.17) is 0 Å². The molecule has 0 bridgehead atoms. The molecule has 2 aromatic carbocycles. The van der Waals surface area contributed by atoms with Gasteiger partial charge in [-0.05, 0) is 74.4 Å². The summed E-state index contributed by atoms with van der Waals surface area (Å²) < 4.78 is 62.9. The molecular formula is C21H25F3O2S. The van der Waals surface area contributed by atoms with Crippen LogP contribution in [0.5, 0.6) is 0 Å². The van der Waals surface area contributed by atoms with Crippen LogP contribution >= 0.6 is 0 Å². The van der Waals surface area contributed by atoms with Crippen molar-refractivity contribution in [2.75, 3.05) is 0 Å². The third-order valence-corrected chi connectivity index (χ3v) is 7.17.